The highest BCUT2D eigenvalue weighted by molar-refractivity contribution is 14.1. The molecule has 3 rings (SSSR count). The number of benzene rings is 2. The molecule has 1 aromatic heterocycles. The Morgan fingerprint density at radius 2 is 2.00 bits per heavy atom. The normalized spacial score (nSPS) is 10.9. The number of anilines is 1. The molecule has 1 amide bonds. The topological polar surface area (TPSA) is 77.2 Å². The molecule has 2 aromatic carbocycles. The van der Waals surface area contributed by atoms with Crippen LogP contribution in [0.4, 0.5) is 5.69 Å². The number of thioether (sulfide) groups is 1. The summed E-state index contributed by atoms with van der Waals surface area (Å²) in [4.78, 5) is 12.3. The number of rotatable bonds is 8. The van der Waals surface area contributed by atoms with Crippen LogP contribution >= 0.6 is 46.0 Å². The number of carbonyl (C=O) groups is 1. The van der Waals surface area contributed by atoms with E-state index in [0.717, 1.165) is 14.8 Å². The van der Waals surface area contributed by atoms with E-state index in [4.69, 9.17) is 20.8 Å². The van der Waals surface area contributed by atoms with Gasteiger partial charge < -0.3 is 14.5 Å². The highest BCUT2D eigenvalue weighted by Gasteiger charge is 2.13. The molecule has 0 aliphatic heterocycles. The fraction of sp³-hybridized carbons (Fsp3) is 0.250. The van der Waals surface area contributed by atoms with Gasteiger partial charge in [0.2, 0.25) is 5.91 Å². The highest BCUT2D eigenvalue weighted by atomic mass is 127. The first-order valence-electron chi connectivity index (χ1n) is 8.83. The van der Waals surface area contributed by atoms with Gasteiger partial charge in [0, 0.05) is 14.3 Å². The molecule has 6 nitrogen and oxygen atoms in total. The van der Waals surface area contributed by atoms with Crippen LogP contribution in [0.1, 0.15) is 31.2 Å². The van der Waals surface area contributed by atoms with Gasteiger partial charge in [0.25, 0.3) is 11.1 Å². The lowest BCUT2D eigenvalue weighted by Gasteiger charge is -2.14. The summed E-state index contributed by atoms with van der Waals surface area (Å²) >= 11 is 9.29. The van der Waals surface area contributed by atoms with Crippen LogP contribution in [0.5, 0.6) is 5.75 Å². The quantitative estimate of drug-likeness (QED) is 0.288. The van der Waals surface area contributed by atoms with Gasteiger partial charge in [0.1, 0.15) is 5.75 Å². The monoisotopic (exact) mass is 543 g/mol. The molecule has 1 N–H and O–H groups in total. The molecule has 0 aliphatic rings. The van der Waals surface area contributed by atoms with E-state index in [2.05, 4.69) is 58.0 Å². The lowest BCUT2D eigenvalue weighted by molar-refractivity contribution is -0.113. The van der Waals surface area contributed by atoms with Crippen molar-refractivity contribution in [2.75, 3.05) is 11.1 Å². The molecule has 0 bridgehead atoms. The number of carbonyl (C=O) groups excluding carboxylic acids is 1. The number of hydrogen-bond donors (Lipinski definition) is 1. The minimum atomic E-state index is -0.129. The zero-order valence-electron chi connectivity index (χ0n) is 15.8. The molecule has 1 heterocycles. The Hall–Kier alpha value is -1.78. The fourth-order valence-corrected chi connectivity index (χ4v) is 3.69. The first kappa shape index (κ1) is 21.9. The Labute approximate surface area is 191 Å². The van der Waals surface area contributed by atoms with Crippen molar-refractivity contribution in [1.29, 1.82) is 0 Å². The number of ether oxygens (including phenoxy) is 1. The third-order valence-corrected chi connectivity index (χ3v) is 5.60. The van der Waals surface area contributed by atoms with Crippen molar-refractivity contribution in [2.24, 2.45) is 0 Å². The minimum absolute atomic E-state index is 0.129. The molecule has 0 fully saturated rings. The second kappa shape index (κ2) is 10.3. The van der Waals surface area contributed by atoms with Crippen LogP contribution in [0.15, 0.2) is 52.1 Å². The third kappa shape index (κ3) is 6.61. The van der Waals surface area contributed by atoms with Gasteiger partial charge in [0.05, 0.1) is 5.75 Å². The molecule has 0 saturated carbocycles. The molecule has 3 aromatic rings. The van der Waals surface area contributed by atoms with Crippen molar-refractivity contribution in [2.45, 2.75) is 31.6 Å². The summed E-state index contributed by atoms with van der Waals surface area (Å²) in [6, 6.07) is 13.0. The van der Waals surface area contributed by atoms with E-state index in [1.165, 1.54) is 11.8 Å². The SMILES string of the molecule is CC(C)c1cc(I)ccc1NC(=O)CSc1nnc(COc2ccc(Cl)cc2)o1. The minimum Gasteiger partial charge on any atom is -0.484 e. The number of aromatic nitrogens is 2. The second-order valence-electron chi connectivity index (χ2n) is 6.43. The van der Waals surface area contributed by atoms with Crippen molar-refractivity contribution in [1.82, 2.24) is 10.2 Å². The predicted octanol–water partition coefficient (Wildman–Crippen LogP) is 5.76. The van der Waals surface area contributed by atoms with E-state index < -0.39 is 0 Å². The molecule has 0 saturated heterocycles. The highest BCUT2D eigenvalue weighted by Crippen LogP contribution is 2.27. The van der Waals surface area contributed by atoms with Gasteiger partial charge in [-0.2, -0.15) is 0 Å². The lowest BCUT2D eigenvalue weighted by atomic mass is 10.0. The fourth-order valence-electron chi connectivity index (χ4n) is 2.47. The zero-order chi connectivity index (χ0) is 20.8. The number of halogens is 2. The molecular formula is C20H19ClIN3O3S. The van der Waals surface area contributed by atoms with E-state index in [1.54, 1.807) is 24.3 Å². The van der Waals surface area contributed by atoms with Gasteiger partial charge in [-0.05, 0) is 76.5 Å². The summed E-state index contributed by atoms with van der Waals surface area (Å²) in [5.74, 6) is 1.34. The molecule has 0 aliphatic carbocycles. The van der Waals surface area contributed by atoms with Crippen LogP contribution in [0.2, 0.25) is 5.02 Å². The average Bonchev–Trinajstić information content (AvgIpc) is 3.15. The Balaban J connectivity index is 1.50. The van der Waals surface area contributed by atoms with E-state index in [-0.39, 0.29) is 18.3 Å². The van der Waals surface area contributed by atoms with Crippen LogP contribution in [-0.4, -0.2) is 21.9 Å². The Kier molecular flexibility index (Phi) is 7.79. The van der Waals surface area contributed by atoms with E-state index in [0.29, 0.717) is 27.8 Å². The van der Waals surface area contributed by atoms with Gasteiger partial charge in [-0.3, -0.25) is 4.79 Å². The molecule has 0 radical (unpaired) electrons. The van der Waals surface area contributed by atoms with Crippen molar-refractivity contribution >= 4 is 57.5 Å². The summed E-state index contributed by atoms with van der Waals surface area (Å²) in [6.07, 6.45) is 0. The summed E-state index contributed by atoms with van der Waals surface area (Å²) in [5, 5.41) is 11.8. The van der Waals surface area contributed by atoms with Crippen molar-refractivity contribution in [3.8, 4) is 5.75 Å². The molecular weight excluding hydrogens is 525 g/mol. The Bertz CT molecular complexity index is 979. The largest absolute Gasteiger partial charge is 0.484 e. The molecule has 29 heavy (non-hydrogen) atoms. The predicted molar refractivity (Wildman–Crippen MR) is 123 cm³/mol. The van der Waals surface area contributed by atoms with Crippen LogP contribution in [0.3, 0.4) is 0 Å². The van der Waals surface area contributed by atoms with Crippen molar-refractivity contribution < 1.29 is 13.9 Å². The molecule has 152 valence electrons. The van der Waals surface area contributed by atoms with Crippen LogP contribution < -0.4 is 10.1 Å². The average molecular weight is 544 g/mol. The smallest absolute Gasteiger partial charge is 0.277 e. The van der Waals surface area contributed by atoms with Gasteiger partial charge >= 0.3 is 0 Å². The first-order chi connectivity index (χ1) is 13.9. The maximum Gasteiger partial charge on any atom is 0.277 e. The van der Waals surface area contributed by atoms with Gasteiger partial charge in [-0.1, -0.05) is 37.2 Å². The summed E-state index contributed by atoms with van der Waals surface area (Å²) < 4.78 is 12.2. The standard InChI is InChI=1S/C20H19ClIN3O3S/c1-12(2)16-9-14(22)5-8-17(16)23-18(26)11-29-20-25-24-19(28-20)10-27-15-6-3-13(21)4-7-15/h3-9,12H,10-11H2,1-2H3,(H,23,26). The maximum atomic E-state index is 12.3. The maximum absolute atomic E-state index is 12.3. The number of hydrogen-bond acceptors (Lipinski definition) is 6. The van der Waals surface area contributed by atoms with Crippen molar-refractivity contribution in [3.05, 3.63) is 62.5 Å². The molecule has 9 heteroatoms. The second-order valence-corrected chi connectivity index (χ2v) is 9.04. The van der Waals surface area contributed by atoms with Crippen LogP contribution in [0.25, 0.3) is 0 Å². The zero-order valence-corrected chi connectivity index (χ0v) is 19.5. The number of nitrogens with one attached hydrogen (secondary N) is 1. The Morgan fingerprint density at radius 1 is 1.24 bits per heavy atom. The Morgan fingerprint density at radius 3 is 2.72 bits per heavy atom. The van der Waals surface area contributed by atoms with E-state index in [1.807, 2.05) is 12.1 Å². The number of nitrogens with zero attached hydrogens (tertiary/aromatic N) is 2. The van der Waals surface area contributed by atoms with Gasteiger partial charge in [-0.25, -0.2) is 0 Å². The van der Waals surface area contributed by atoms with Crippen molar-refractivity contribution in [3.63, 3.8) is 0 Å². The van der Waals surface area contributed by atoms with Gasteiger partial charge in [0.15, 0.2) is 6.61 Å². The molecule has 0 unspecified atom stereocenters. The summed E-state index contributed by atoms with van der Waals surface area (Å²) in [5.41, 5.74) is 1.93. The molecule has 0 atom stereocenters. The number of amides is 1. The summed E-state index contributed by atoms with van der Waals surface area (Å²) in [6.45, 7) is 4.34. The lowest BCUT2D eigenvalue weighted by Crippen LogP contribution is -2.15. The van der Waals surface area contributed by atoms with Crippen LogP contribution in [-0.2, 0) is 11.4 Å². The third-order valence-electron chi connectivity index (χ3n) is 3.86. The van der Waals surface area contributed by atoms with E-state index >= 15 is 0 Å². The summed E-state index contributed by atoms with van der Waals surface area (Å²) in [7, 11) is 0. The molecule has 0 spiro atoms. The first-order valence-corrected chi connectivity index (χ1v) is 11.3. The van der Waals surface area contributed by atoms with Crippen LogP contribution in [0, 0.1) is 3.57 Å². The van der Waals surface area contributed by atoms with Gasteiger partial charge in [-0.15, -0.1) is 10.2 Å². The van der Waals surface area contributed by atoms with E-state index in [9.17, 15) is 4.79 Å².